The van der Waals surface area contributed by atoms with E-state index in [4.69, 9.17) is 10.5 Å². The summed E-state index contributed by atoms with van der Waals surface area (Å²) < 4.78 is 5.64. The third-order valence-corrected chi connectivity index (χ3v) is 3.70. The number of hydrogen-bond acceptors (Lipinski definition) is 4. The van der Waals surface area contributed by atoms with Crippen molar-refractivity contribution in [3.8, 4) is 0 Å². The SMILES string of the molecule is CCN(CCC(=O)N(C)CCCN)CC1CCCO1. The predicted octanol–water partition coefficient (Wildman–Crippen LogP) is 0.685. The van der Waals surface area contributed by atoms with Crippen LogP contribution in [-0.4, -0.2) is 68.2 Å². The maximum atomic E-state index is 11.9. The fourth-order valence-corrected chi connectivity index (χ4v) is 2.35. The maximum Gasteiger partial charge on any atom is 0.223 e. The normalized spacial score (nSPS) is 19.1. The van der Waals surface area contributed by atoms with E-state index in [1.54, 1.807) is 4.90 Å². The zero-order valence-corrected chi connectivity index (χ0v) is 12.4. The van der Waals surface area contributed by atoms with Crippen LogP contribution in [0.15, 0.2) is 0 Å². The summed E-state index contributed by atoms with van der Waals surface area (Å²) in [6.45, 7) is 7.17. The van der Waals surface area contributed by atoms with Crippen LogP contribution < -0.4 is 5.73 Å². The molecule has 0 aromatic heterocycles. The Hall–Kier alpha value is -0.650. The Balaban J connectivity index is 2.21. The molecule has 5 heteroatoms. The Morgan fingerprint density at radius 3 is 2.79 bits per heavy atom. The van der Waals surface area contributed by atoms with E-state index in [2.05, 4.69) is 11.8 Å². The smallest absolute Gasteiger partial charge is 0.223 e. The van der Waals surface area contributed by atoms with Gasteiger partial charge in [0.2, 0.25) is 5.91 Å². The lowest BCUT2D eigenvalue weighted by Gasteiger charge is -2.24. The van der Waals surface area contributed by atoms with E-state index in [0.29, 0.717) is 19.1 Å². The summed E-state index contributed by atoms with van der Waals surface area (Å²) in [5, 5.41) is 0. The van der Waals surface area contributed by atoms with E-state index in [0.717, 1.165) is 45.6 Å². The molecule has 1 aliphatic rings. The molecule has 0 radical (unpaired) electrons. The van der Waals surface area contributed by atoms with E-state index in [1.807, 2.05) is 7.05 Å². The molecule has 1 saturated heterocycles. The van der Waals surface area contributed by atoms with E-state index in [9.17, 15) is 4.79 Å². The average molecular weight is 271 g/mol. The second-order valence-electron chi connectivity index (χ2n) is 5.24. The number of ether oxygens (including phenoxy) is 1. The van der Waals surface area contributed by atoms with E-state index in [1.165, 1.54) is 6.42 Å². The van der Waals surface area contributed by atoms with Gasteiger partial charge in [-0.3, -0.25) is 4.79 Å². The third-order valence-electron chi connectivity index (χ3n) is 3.70. The quantitative estimate of drug-likeness (QED) is 0.670. The molecule has 5 nitrogen and oxygen atoms in total. The summed E-state index contributed by atoms with van der Waals surface area (Å²) in [6.07, 6.45) is 4.14. The first-order valence-corrected chi connectivity index (χ1v) is 7.45. The summed E-state index contributed by atoms with van der Waals surface area (Å²) in [5.74, 6) is 0.208. The van der Waals surface area contributed by atoms with Crippen LogP contribution in [0, 0.1) is 0 Å². The molecule has 0 bridgehead atoms. The summed E-state index contributed by atoms with van der Waals surface area (Å²) in [6, 6.07) is 0. The molecule has 19 heavy (non-hydrogen) atoms. The lowest BCUT2D eigenvalue weighted by atomic mass is 10.2. The van der Waals surface area contributed by atoms with Gasteiger partial charge in [-0.15, -0.1) is 0 Å². The second kappa shape index (κ2) is 9.28. The van der Waals surface area contributed by atoms with E-state index < -0.39 is 0 Å². The summed E-state index contributed by atoms with van der Waals surface area (Å²) in [7, 11) is 1.86. The van der Waals surface area contributed by atoms with Crippen molar-refractivity contribution in [1.82, 2.24) is 9.80 Å². The van der Waals surface area contributed by atoms with E-state index >= 15 is 0 Å². The van der Waals surface area contributed by atoms with Gasteiger partial charge in [0.15, 0.2) is 0 Å². The number of carbonyl (C=O) groups is 1. The Morgan fingerprint density at radius 1 is 1.42 bits per heavy atom. The van der Waals surface area contributed by atoms with Gasteiger partial charge in [0, 0.05) is 39.7 Å². The first-order valence-electron chi connectivity index (χ1n) is 7.45. The molecular formula is C14H29N3O2. The lowest BCUT2D eigenvalue weighted by molar-refractivity contribution is -0.130. The van der Waals surface area contributed by atoms with Crippen LogP contribution >= 0.6 is 0 Å². The topological polar surface area (TPSA) is 58.8 Å². The molecule has 1 aliphatic heterocycles. The second-order valence-corrected chi connectivity index (χ2v) is 5.24. The van der Waals surface area contributed by atoms with Crippen LogP contribution in [0.25, 0.3) is 0 Å². The fourth-order valence-electron chi connectivity index (χ4n) is 2.35. The Morgan fingerprint density at radius 2 is 2.21 bits per heavy atom. The fraction of sp³-hybridized carbons (Fsp3) is 0.929. The first kappa shape index (κ1) is 16.4. The molecule has 0 aromatic carbocycles. The Bertz CT molecular complexity index is 255. The van der Waals surface area contributed by atoms with Gasteiger partial charge in [-0.1, -0.05) is 6.92 Å². The molecule has 1 amide bonds. The Kier molecular flexibility index (Phi) is 8.02. The van der Waals surface area contributed by atoms with Crippen molar-refractivity contribution >= 4 is 5.91 Å². The van der Waals surface area contributed by atoms with Crippen molar-refractivity contribution in [2.75, 3.05) is 46.4 Å². The van der Waals surface area contributed by atoms with Crippen LogP contribution in [-0.2, 0) is 9.53 Å². The summed E-state index contributed by atoms with van der Waals surface area (Å²) >= 11 is 0. The standard InChI is InChI=1S/C14H29N3O2/c1-3-17(12-13-6-4-11-19-13)10-7-14(18)16(2)9-5-8-15/h13H,3-12,15H2,1-2H3. The maximum absolute atomic E-state index is 11.9. The molecule has 1 unspecified atom stereocenters. The number of nitrogens with zero attached hydrogens (tertiary/aromatic N) is 2. The highest BCUT2D eigenvalue weighted by atomic mass is 16.5. The molecule has 2 N–H and O–H groups in total. The largest absolute Gasteiger partial charge is 0.377 e. The van der Waals surface area contributed by atoms with Gasteiger partial charge in [0.25, 0.3) is 0 Å². The number of nitrogens with two attached hydrogens (primary N) is 1. The van der Waals surface area contributed by atoms with E-state index in [-0.39, 0.29) is 5.91 Å². The van der Waals surface area contributed by atoms with Crippen LogP contribution in [0.3, 0.4) is 0 Å². The van der Waals surface area contributed by atoms with Crippen LogP contribution in [0.4, 0.5) is 0 Å². The minimum absolute atomic E-state index is 0.208. The number of likely N-dealkylation sites (N-methyl/N-ethyl adjacent to an activating group) is 1. The van der Waals surface area contributed by atoms with Crippen molar-refractivity contribution < 1.29 is 9.53 Å². The van der Waals surface area contributed by atoms with Crippen molar-refractivity contribution in [2.45, 2.75) is 38.7 Å². The number of carbonyl (C=O) groups excluding carboxylic acids is 1. The van der Waals surface area contributed by atoms with Gasteiger partial charge < -0.3 is 20.3 Å². The summed E-state index contributed by atoms with van der Waals surface area (Å²) in [4.78, 5) is 16.0. The van der Waals surface area contributed by atoms with Crippen LogP contribution in [0.2, 0.25) is 0 Å². The van der Waals surface area contributed by atoms with Gasteiger partial charge >= 0.3 is 0 Å². The van der Waals surface area contributed by atoms with Crippen LogP contribution in [0.1, 0.15) is 32.6 Å². The third kappa shape index (κ3) is 6.36. The number of hydrogen-bond donors (Lipinski definition) is 1. The molecule has 0 spiro atoms. The van der Waals surface area contributed by atoms with Crippen molar-refractivity contribution in [3.63, 3.8) is 0 Å². The highest BCUT2D eigenvalue weighted by molar-refractivity contribution is 5.76. The number of rotatable bonds is 9. The van der Waals surface area contributed by atoms with Gasteiger partial charge in [-0.05, 0) is 32.4 Å². The molecular weight excluding hydrogens is 242 g/mol. The highest BCUT2D eigenvalue weighted by Gasteiger charge is 2.19. The zero-order chi connectivity index (χ0) is 14.1. The molecule has 0 saturated carbocycles. The zero-order valence-electron chi connectivity index (χ0n) is 12.4. The van der Waals surface area contributed by atoms with Crippen molar-refractivity contribution in [2.24, 2.45) is 5.73 Å². The molecule has 0 aliphatic carbocycles. The van der Waals surface area contributed by atoms with Crippen LogP contribution in [0.5, 0.6) is 0 Å². The lowest BCUT2D eigenvalue weighted by Crippen LogP contribution is -2.36. The van der Waals surface area contributed by atoms with Crippen molar-refractivity contribution in [3.05, 3.63) is 0 Å². The molecule has 1 rings (SSSR count). The highest BCUT2D eigenvalue weighted by Crippen LogP contribution is 2.13. The molecule has 112 valence electrons. The van der Waals surface area contributed by atoms with Crippen molar-refractivity contribution in [1.29, 1.82) is 0 Å². The summed E-state index contributed by atoms with van der Waals surface area (Å²) in [5.41, 5.74) is 5.45. The predicted molar refractivity (Wildman–Crippen MR) is 77.0 cm³/mol. The molecule has 1 fully saturated rings. The number of amides is 1. The van der Waals surface area contributed by atoms with Gasteiger partial charge in [-0.25, -0.2) is 0 Å². The van der Waals surface area contributed by atoms with Gasteiger partial charge in [-0.2, -0.15) is 0 Å². The minimum atomic E-state index is 0.208. The molecule has 0 aromatic rings. The Labute approximate surface area is 117 Å². The average Bonchev–Trinajstić information content (AvgIpc) is 2.93. The van der Waals surface area contributed by atoms with Gasteiger partial charge in [0.05, 0.1) is 6.10 Å². The monoisotopic (exact) mass is 271 g/mol. The first-order chi connectivity index (χ1) is 9.17. The minimum Gasteiger partial charge on any atom is -0.377 e. The molecule has 1 atom stereocenters. The van der Waals surface area contributed by atoms with Gasteiger partial charge in [0.1, 0.15) is 0 Å². The molecule has 1 heterocycles.